The highest BCUT2D eigenvalue weighted by Gasteiger charge is 2.43. The maximum atomic E-state index is 14.7. The summed E-state index contributed by atoms with van der Waals surface area (Å²) in [6, 6.07) is 19.4. The van der Waals surface area contributed by atoms with E-state index in [1.54, 1.807) is 64.0 Å². The van der Waals surface area contributed by atoms with Crippen LogP contribution in [-0.2, 0) is 61.1 Å². The molecule has 3 aromatic carbocycles. The molecule has 2 bridgehead atoms. The molecule has 1 aliphatic carbocycles. The smallest absolute Gasteiger partial charge is 0.254 e. The van der Waals surface area contributed by atoms with Gasteiger partial charge in [-0.3, -0.25) is 33.6 Å². The second-order valence-electron chi connectivity index (χ2n) is 22.2. The lowest BCUT2D eigenvalue weighted by Crippen LogP contribution is -2.62. The second kappa shape index (κ2) is 26.2. The number of aromatic nitrogens is 3. The summed E-state index contributed by atoms with van der Waals surface area (Å²) in [6.45, 7) is 12.7. The van der Waals surface area contributed by atoms with Crippen LogP contribution in [0.15, 0.2) is 72.9 Å². The molecule has 0 saturated carbocycles. The van der Waals surface area contributed by atoms with Crippen LogP contribution >= 0.6 is 0 Å². The van der Waals surface area contributed by atoms with Crippen LogP contribution in [0.4, 0.5) is 4.39 Å². The highest BCUT2D eigenvalue weighted by molar-refractivity contribution is 5.96. The van der Waals surface area contributed by atoms with Gasteiger partial charge in [-0.15, -0.1) is 0 Å². The standard InChI is InChI=1S/C61H75FN10O9/c1-37-53-31-42(34-65-37)55-50(36-70(9)59(76)47-20-18-44(62)32-48(47)39(3)81-53)68-72(52(55)33-63)23-22-69(8)54(73)21-24-78-25-26-79-27-28-80-45-19-17-41-30-51(58(75)66-49-16-12-14-40-13-10-11-15-46(40)49)71(35-43(41)29-45)60(77)56(61(4,5)6)67-57(74)38(2)64-7/h10-11,13,15,17-20,29,31-32,34,38-39,49,51,56,64H,12,14,16,21-28,30,35-36H2,1-9H3,(H,66,75)(H,67,74)/t38-,39-,49+,51-,56+/m1/s1. The van der Waals surface area contributed by atoms with Crippen LogP contribution in [0.1, 0.15) is 121 Å². The lowest BCUT2D eigenvalue weighted by Gasteiger charge is -2.41. The molecule has 5 atom stereocenters. The zero-order valence-corrected chi connectivity index (χ0v) is 47.9. The number of nitrogens with one attached hydrogen (secondary N) is 3. The number of hydrogen-bond acceptors (Lipinski definition) is 13. The topological polar surface area (TPSA) is 223 Å². The molecule has 5 aromatic rings. The Morgan fingerprint density at radius 1 is 0.963 bits per heavy atom. The van der Waals surface area contributed by atoms with E-state index in [1.807, 2.05) is 51.1 Å². The number of carbonyl (C=O) groups is 5. The number of nitrogens with zero attached hydrogens (tertiary/aromatic N) is 7. The summed E-state index contributed by atoms with van der Waals surface area (Å²) in [5, 5.41) is 24.5. The molecule has 19 nitrogen and oxygen atoms in total. The fourth-order valence-corrected chi connectivity index (χ4v) is 10.6. The minimum atomic E-state index is -0.907. The van der Waals surface area contributed by atoms with E-state index in [4.69, 9.17) is 24.0 Å². The molecular formula is C61H75FN10O9. The number of fused-ring (bicyclic) bond motifs is 7. The van der Waals surface area contributed by atoms with Crippen molar-refractivity contribution in [3.05, 3.63) is 129 Å². The minimum absolute atomic E-state index is 0.0350. The number of amides is 5. The quantitative estimate of drug-likeness (QED) is 0.0749. The SMILES string of the molecule is CN[C@H](C)C(=O)N[C@@H](C(=O)N1Cc2cc(OCCOCCOCCC(=O)N(C)CCn3nc4c(c3C#N)-c3cnc(C)c(c3)O[C@H](C)c3cc(F)ccc3C(=O)N(C)C4)ccc2C[C@@H]1C(=O)N[C@H]1CCCc2ccccc21)C(C)(C)C. The first-order valence-electron chi connectivity index (χ1n) is 27.7. The van der Waals surface area contributed by atoms with Gasteiger partial charge in [-0.1, -0.05) is 51.1 Å². The van der Waals surface area contributed by atoms with Crippen molar-refractivity contribution in [1.82, 2.24) is 45.4 Å². The third-order valence-corrected chi connectivity index (χ3v) is 15.4. The van der Waals surface area contributed by atoms with Gasteiger partial charge < -0.3 is 49.6 Å². The average Bonchev–Trinajstić information content (AvgIpc) is 3.81. The monoisotopic (exact) mass is 1110 g/mol. The van der Waals surface area contributed by atoms with Crippen molar-refractivity contribution in [1.29, 1.82) is 5.26 Å². The van der Waals surface area contributed by atoms with Gasteiger partial charge in [0.1, 0.15) is 53.9 Å². The maximum absolute atomic E-state index is 14.7. The van der Waals surface area contributed by atoms with Gasteiger partial charge in [-0.2, -0.15) is 10.4 Å². The molecule has 8 rings (SSSR count). The van der Waals surface area contributed by atoms with Crippen LogP contribution < -0.4 is 25.4 Å². The molecule has 81 heavy (non-hydrogen) atoms. The molecule has 4 heterocycles. The van der Waals surface area contributed by atoms with Gasteiger partial charge in [0.2, 0.25) is 23.6 Å². The Hall–Kier alpha value is -7.73. The summed E-state index contributed by atoms with van der Waals surface area (Å²) >= 11 is 0. The van der Waals surface area contributed by atoms with Gasteiger partial charge in [0.25, 0.3) is 5.91 Å². The summed E-state index contributed by atoms with van der Waals surface area (Å²) in [6.07, 6.45) is 4.02. The molecule has 0 spiro atoms. The molecule has 3 N–H and O–H groups in total. The van der Waals surface area contributed by atoms with E-state index in [1.165, 1.54) is 33.3 Å². The Labute approximate surface area is 473 Å². The van der Waals surface area contributed by atoms with Gasteiger partial charge in [0.05, 0.1) is 69.4 Å². The van der Waals surface area contributed by atoms with Crippen LogP contribution in [0.3, 0.4) is 0 Å². The number of carbonyl (C=O) groups excluding carboxylic acids is 5. The zero-order valence-electron chi connectivity index (χ0n) is 47.9. The molecule has 20 heteroatoms. The number of aryl methyl sites for hydroxylation is 2. The molecule has 0 saturated heterocycles. The zero-order chi connectivity index (χ0) is 58.1. The number of rotatable bonds is 19. The maximum Gasteiger partial charge on any atom is 0.254 e. The molecule has 3 aliphatic rings. The number of likely N-dealkylation sites (N-methyl/N-ethyl adjacent to an activating group) is 2. The van der Waals surface area contributed by atoms with Crippen molar-refractivity contribution in [2.24, 2.45) is 5.41 Å². The molecule has 2 aromatic heterocycles. The Morgan fingerprint density at radius 3 is 2.47 bits per heavy atom. The van der Waals surface area contributed by atoms with Gasteiger partial charge >= 0.3 is 0 Å². The number of nitriles is 1. The number of hydrogen-bond donors (Lipinski definition) is 3. The Kier molecular flexibility index (Phi) is 19.2. The number of ether oxygens (including phenoxy) is 4. The summed E-state index contributed by atoms with van der Waals surface area (Å²) < 4.78 is 39.9. The van der Waals surface area contributed by atoms with Crippen molar-refractivity contribution < 1.29 is 47.3 Å². The molecule has 0 fully saturated rings. The molecule has 5 amide bonds. The van der Waals surface area contributed by atoms with Crippen LogP contribution in [-0.4, -0.2) is 138 Å². The number of pyridine rings is 1. The van der Waals surface area contributed by atoms with E-state index < -0.39 is 35.5 Å². The third kappa shape index (κ3) is 14.1. The van der Waals surface area contributed by atoms with Crippen molar-refractivity contribution >= 4 is 29.5 Å². The predicted molar refractivity (Wildman–Crippen MR) is 300 cm³/mol. The molecular weight excluding hydrogens is 1040 g/mol. The van der Waals surface area contributed by atoms with Gasteiger partial charge in [0, 0.05) is 62.1 Å². The lowest BCUT2D eigenvalue weighted by atomic mass is 9.83. The van der Waals surface area contributed by atoms with Crippen LogP contribution in [0.25, 0.3) is 11.1 Å². The summed E-state index contributed by atoms with van der Waals surface area (Å²) in [5.41, 5.74) is 6.39. The fourth-order valence-electron chi connectivity index (χ4n) is 10.6. The first-order valence-corrected chi connectivity index (χ1v) is 27.7. The van der Waals surface area contributed by atoms with Crippen molar-refractivity contribution in [2.45, 2.75) is 124 Å². The van der Waals surface area contributed by atoms with Crippen molar-refractivity contribution in [3.63, 3.8) is 0 Å². The first-order chi connectivity index (χ1) is 38.8. The van der Waals surface area contributed by atoms with Gasteiger partial charge in [0.15, 0.2) is 0 Å². The van der Waals surface area contributed by atoms with E-state index in [0.29, 0.717) is 39.6 Å². The predicted octanol–water partition coefficient (Wildman–Crippen LogP) is 6.54. The Morgan fingerprint density at radius 2 is 1.72 bits per heavy atom. The molecule has 430 valence electrons. The molecule has 0 unspecified atom stereocenters. The fraction of sp³-hybridized carbons (Fsp3) is 0.475. The molecule has 2 aliphatic heterocycles. The third-order valence-electron chi connectivity index (χ3n) is 15.4. The van der Waals surface area contributed by atoms with Gasteiger partial charge in [-0.25, -0.2) is 4.39 Å². The van der Waals surface area contributed by atoms with E-state index in [-0.39, 0.29) is 119 Å². The molecule has 0 radical (unpaired) electrons. The normalized spacial score (nSPS) is 17.5. The van der Waals surface area contributed by atoms with Crippen molar-refractivity contribution in [2.75, 3.05) is 60.7 Å². The van der Waals surface area contributed by atoms with E-state index in [9.17, 15) is 33.6 Å². The van der Waals surface area contributed by atoms with E-state index in [2.05, 4.69) is 39.1 Å². The average molecular weight is 1110 g/mol. The van der Waals surface area contributed by atoms with E-state index >= 15 is 0 Å². The highest BCUT2D eigenvalue weighted by atomic mass is 19.1. The number of benzene rings is 3. The largest absolute Gasteiger partial charge is 0.491 e. The van der Waals surface area contributed by atoms with E-state index in [0.717, 1.165) is 36.0 Å². The highest BCUT2D eigenvalue weighted by Crippen LogP contribution is 2.37. The minimum Gasteiger partial charge on any atom is -0.491 e. The Balaban J connectivity index is 0.819. The number of halogens is 1. The summed E-state index contributed by atoms with van der Waals surface area (Å²) in [4.78, 5) is 78.6. The van der Waals surface area contributed by atoms with Crippen LogP contribution in [0, 0.1) is 29.5 Å². The van der Waals surface area contributed by atoms with Crippen molar-refractivity contribution in [3.8, 4) is 28.7 Å². The second-order valence-corrected chi connectivity index (χ2v) is 22.2. The Bertz CT molecular complexity index is 3170. The lowest BCUT2D eigenvalue weighted by molar-refractivity contribution is -0.147. The summed E-state index contributed by atoms with van der Waals surface area (Å²) in [5.74, 6) is -0.935. The first kappa shape index (κ1) is 59.4. The van der Waals surface area contributed by atoms with Gasteiger partial charge in [-0.05, 0) is 111 Å². The van der Waals surface area contributed by atoms with Crippen LogP contribution in [0.2, 0.25) is 0 Å². The summed E-state index contributed by atoms with van der Waals surface area (Å²) in [7, 11) is 4.97. The van der Waals surface area contributed by atoms with Crippen LogP contribution in [0.5, 0.6) is 11.5 Å².